The molecule has 2 N–H and O–H groups in total. The lowest BCUT2D eigenvalue weighted by Crippen LogP contribution is -2.55. The number of carboxylic acid groups (broad SMARTS) is 1. The van der Waals surface area contributed by atoms with Gasteiger partial charge < -0.3 is 19.9 Å². The minimum atomic E-state index is -1.48. The number of carboxylic acids is 1. The fourth-order valence-electron chi connectivity index (χ4n) is 2.03. The molecule has 0 spiro atoms. The normalized spacial score (nSPS) is 21.5. The van der Waals surface area contributed by atoms with Crippen molar-refractivity contribution >= 4 is 11.9 Å². The molecule has 1 aliphatic rings. The summed E-state index contributed by atoms with van der Waals surface area (Å²) in [6, 6.07) is 3.46. The maximum absolute atomic E-state index is 13.2. The maximum Gasteiger partial charge on any atom is 0.331 e. The van der Waals surface area contributed by atoms with Crippen molar-refractivity contribution in [3.05, 3.63) is 29.6 Å². The quantitative estimate of drug-likeness (QED) is 0.854. The molecular weight excluding hydrogens is 269 g/mol. The van der Waals surface area contributed by atoms with Gasteiger partial charge in [-0.15, -0.1) is 0 Å². The Morgan fingerprint density at radius 1 is 1.50 bits per heavy atom. The molecule has 2 rings (SSSR count). The Morgan fingerprint density at radius 2 is 2.25 bits per heavy atom. The molecule has 0 bridgehead atoms. The molecule has 1 saturated heterocycles. The first-order chi connectivity index (χ1) is 9.48. The van der Waals surface area contributed by atoms with Gasteiger partial charge in [0.1, 0.15) is 11.6 Å². The summed E-state index contributed by atoms with van der Waals surface area (Å²) in [7, 11) is 1.34. The van der Waals surface area contributed by atoms with Crippen LogP contribution in [0.25, 0.3) is 0 Å². The molecule has 1 atom stereocenters. The van der Waals surface area contributed by atoms with Gasteiger partial charge in [-0.25, -0.2) is 9.18 Å². The highest BCUT2D eigenvalue weighted by molar-refractivity contribution is 6.00. The summed E-state index contributed by atoms with van der Waals surface area (Å²) >= 11 is 0. The summed E-state index contributed by atoms with van der Waals surface area (Å²) in [4.78, 5) is 23.5. The van der Waals surface area contributed by atoms with Gasteiger partial charge in [0.25, 0.3) is 5.91 Å². The van der Waals surface area contributed by atoms with Gasteiger partial charge in [-0.2, -0.15) is 0 Å². The van der Waals surface area contributed by atoms with E-state index in [-0.39, 0.29) is 30.9 Å². The van der Waals surface area contributed by atoms with E-state index in [1.807, 2.05) is 0 Å². The van der Waals surface area contributed by atoms with E-state index in [2.05, 4.69) is 5.32 Å². The molecule has 1 aliphatic heterocycles. The van der Waals surface area contributed by atoms with Crippen LogP contribution in [0.2, 0.25) is 0 Å². The number of amides is 1. The molecule has 1 amide bonds. The van der Waals surface area contributed by atoms with E-state index in [4.69, 9.17) is 9.47 Å². The second kappa shape index (κ2) is 5.46. The molecular formula is C13H14FNO5. The summed E-state index contributed by atoms with van der Waals surface area (Å²) in [6.45, 7) is 0.124. The van der Waals surface area contributed by atoms with Gasteiger partial charge in [0, 0.05) is 13.0 Å². The largest absolute Gasteiger partial charge is 0.496 e. The molecule has 7 heteroatoms. The first-order valence-electron chi connectivity index (χ1n) is 5.96. The summed E-state index contributed by atoms with van der Waals surface area (Å²) in [5.41, 5.74) is -1.53. The molecule has 20 heavy (non-hydrogen) atoms. The van der Waals surface area contributed by atoms with Crippen LogP contribution in [-0.4, -0.2) is 42.8 Å². The average Bonchev–Trinajstić information content (AvgIpc) is 2.88. The Kier molecular flexibility index (Phi) is 3.89. The van der Waals surface area contributed by atoms with Crippen LogP contribution in [0.1, 0.15) is 16.8 Å². The number of halogens is 1. The fraction of sp³-hybridized carbons (Fsp3) is 0.385. The van der Waals surface area contributed by atoms with Gasteiger partial charge in [0.05, 0.1) is 19.3 Å². The fourth-order valence-corrected chi connectivity index (χ4v) is 2.03. The molecule has 0 saturated carbocycles. The summed E-state index contributed by atoms with van der Waals surface area (Å²) < 4.78 is 23.2. The Morgan fingerprint density at radius 3 is 2.80 bits per heavy atom. The third-order valence-corrected chi connectivity index (χ3v) is 3.19. The number of carbonyl (C=O) groups is 2. The Balaban J connectivity index is 2.28. The molecule has 0 aliphatic carbocycles. The zero-order valence-electron chi connectivity index (χ0n) is 10.8. The van der Waals surface area contributed by atoms with Gasteiger partial charge in [0.15, 0.2) is 5.54 Å². The summed E-state index contributed by atoms with van der Waals surface area (Å²) in [6.07, 6.45) is 0.158. The van der Waals surface area contributed by atoms with E-state index in [1.54, 1.807) is 0 Å². The summed E-state index contributed by atoms with van der Waals surface area (Å²) in [5.74, 6) is -2.33. The van der Waals surface area contributed by atoms with E-state index in [1.165, 1.54) is 13.2 Å². The zero-order chi connectivity index (χ0) is 14.8. The maximum atomic E-state index is 13.2. The highest BCUT2D eigenvalue weighted by Crippen LogP contribution is 2.23. The van der Waals surface area contributed by atoms with Gasteiger partial charge in [0.2, 0.25) is 0 Å². The van der Waals surface area contributed by atoms with Crippen LogP contribution in [0.3, 0.4) is 0 Å². The van der Waals surface area contributed by atoms with Gasteiger partial charge in [-0.3, -0.25) is 4.79 Å². The van der Waals surface area contributed by atoms with Crippen molar-refractivity contribution in [3.63, 3.8) is 0 Å². The second-order valence-corrected chi connectivity index (χ2v) is 4.49. The third-order valence-electron chi connectivity index (χ3n) is 3.19. The lowest BCUT2D eigenvalue weighted by Gasteiger charge is -2.24. The van der Waals surface area contributed by atoms with E-state index in [0.29, 0.717) is 0 Å². The number of nitrogens with one attached hydrogen (secondary N) is 1. The molecule has 1 aromatic rings. The lowest BCUT2D eigenvalue weighted by molar-refractivity contribution is -0.144. The predicted octanol–water partition coefficient (Wildman–Crippen LogP) is 0.808. The minimum Gasteiger partial charge on any atom is -0.496 e. The van der Waals surface area contributed by atoms with Crippen LogP contribution in [0.15, 0.2) is 18.2 Å². The Labute approximate surface area is 114 Å². The number of hydrogen-bond acceptors (Lipinski definition) is 4. The van der Waals surface area contributed by atoms with Crippen molar-refractivity contribution in [2.75, 3.05) is 20.3 Å². The Bertz CT molecular complexity index is 540. The molecule has 0 aromatic heterocycles. The van der Waals surface area contributed by atoms with Crippen LogP contribution in [-0.2, 0) is 9.53 Å². The van der Waals surface area contributed by atoms with Crippen LogP contribution in [0.4, 0.5) is 4.39 Å². The molecule has 1 fully saturated rings. The monoisotopic (exact) mass is 283 g/mol. The number of hydrogen-bond donors (Lipinski definition) is 2. The van der Waals surface area contributed by atoms with E-state index >= 15 is 0 Å². The van der Waals surface area contributed by atoms with E-state index in [9.17, 15) is 19.1 Å². The highest BCUT2D eigenvalue weighted by atomic mass is 19.1. The summed E-state index contributed by atoms with van der Waals surface area (Å²) in [5, 5.41) is 11.6. The minimum absolute atomic E-state index is 0.0555. The van der Waals surface area contributed by atoms with Gasteiger partial charge >= 0.3 is 5.97 Å². The lowest BCUT2D eigenvalue weighted by atomic mass is 9.98. The highest BCUT2D eigenvalue weighted by Gasteiger charge is 2.44. The van der Waals surface area contributed by atoms with Gasteiger partial charge in [-0.1, -0.05) is 0 Å². The van der Waals surface area contributed by atoms with Crippen molar-refractivity contribution in [2.45, 2.75) is 12.0 Å². The van der Waals surface area contributed by atoms with Crippen molar-refractivity contribution in [2.24, 2.45) is 0 Å². The third kappa shape index (κ3) is 2.57. The smallest absolute Gasteiger partial charge is 0.331 e. The molecule has 1 aromatic carbocycles. The number of aliphatic carboxylic acids is 1. The van der Waals surface area contributed by atoms with Crippen LogP contribution in [0.5, 0.6) is 5.75 Å². The second-order valence-electron chi connectivity index (χ2n) is 4.49. The number of benzene rings is 1. The molecule has 1 heterocycles. The standard InChI is InChI=1S/C13H14FNO5/c1-19-10-3-2-8(14)6-9(10)11(16)15-13(12(17)18)4-5-20-7-13/h2-3,6H,4-5,7H2,1H3,(H,15,16)(H,17,18). The molecule has 6 nitrogen and oxygen atoms in total. The SMILES string of the molecule is COc1ccc(F)cc1C(=O)NC1(C(=O)O)CCOC1. The van der Waals surface area contributed by atoms with Crippen LogP contribution >= 0.6 is 0 Å². The van der Waals surface area contributed by atoms with E-state index < -0.39 is 23.2 Å². The van der Waals surface area contributed by atoms with Crippen molar-refractivity contribution in [1.29, 1.82) is 0 Å². The van der Waals surface area contributed by atoms with E-state index in [0.717, 1.165) is 12.1 Å². The first kappa shape index (κ1) is 14.3. The topological polar surface area (TPSA) is 84.9 Å². The van der Waals surface area contributed by atoms with Crippen LogP contribution < -0.4 is 10.1 Å². The predicted molar refractivity (Wildman–Crippen MR) is 66.2 cm³/mol. The van der Waals surface area contributed by atoms with Gasteiger partial charge in [-0.05, 0) is 18.2 Å². The average molecular weight is 283 g/mol. The Hall–Kier alpha value is -2.15. The number of rotatable bonds is 4. The number of methoxy groups -OCH3 is 1. The molecule has 108 valence electrons. The van der Waals surface area contributed by atoms with Crippen molar-refractivity contribution < 1.29 is 28.6 Å². The number of ether oxygens (including phenoxy) is 2. The number of carbonyl (C=O) groups excluding carboxylic acids is 1. The van der Waals surface area contributed by atoms with Crippen molar-refractivity contribution in [3.8, 4) is 5.75 Å². The van der Waals surface area contributed by atoms with Crippen LogP contribution in [0, 0.1) is 5.82 Å². The molecule has 1 unspecified atom stereocenters. The van der Waals surface area contributed by atoms with Crippen molar-refractivity contribution in [1.82, 2.24) is 5.32 Å². The zero-order valence-corrected chi connectivity index (χ0v) is 10.8. The first-order valence-corrected chi connectivity index (χ1v) is 5.96. The molecule has 0 radical (unpaired) electrons.